The summed E-state index contributed by atoms with van der Waals surface area (Å²) in [5.41, 5.74) is 3.14. The number of ether oxygens (including phenoxy) is 1. The normalized spacial score (nSPS) is 10.8. The van der Waals surface area contributed by atoms with Gasteiger partial charge in [-0.15, -0.1) is 5.10 Å². The molecule has 4 aromatic rings. The van der Waals surface area contributed by atoms with Crippen LogP contribution >= 0.6 is 0 Å². The van der Waals surface area contributed by atoms with Crippen molar-refractivity contribution in [2.24, 2.45) is 0 Å². The van der Waals surface area contributed by atoms with Crippen LogP contribution in [0.25, 0.3) is 16.9 Å². The molecule has 0 aliphatic rings. The van der Waals surface area contributed by atoms with Crippen LogP contribution in [0, 0.1) is 0 Å². The quantitative estimate of drug-likeness (QED) is 0.585. The van der Waals surface area contributed by atoms with E-state index < -0.39 is 0 Å². The number of aromatic nitrogens is 5. The molecule has 4 rings (SSSR count). The maximum atomic E-state index is 5.17. The van der Waals surface area contributed by atoms with Crippen molar-refractivity contribution in [1.29, 1.82) is 0 Å². The van der Waals surface area contributed by atoms with Gasteiger partial charge in [-0.05, 0) is 36.4 Å². The molecule has 0 fully saturated rings. The van der Waals surface area contributed by atoms with E-state index >= 15 is 0 Å². The van der Waals surface area contributed by atoms with E-state index in [1.165, 1.54) is 0 Å². The molecule has 1 N–H and O–H groups in total. The highest BCUT2D eigenvalue weighted by molar-refractivity contribution is 5.74. The van der Waals surface area contributed by atoms with Gasteiger partial charge < -0.3 is 15.0 Å². The predicted molar refractivity (Wildman–Crippen MR) is 105 cm³/mol. The molecule has 0 amide bonds. The van der Waals surface area contributed by atoms with Gasteiger partial charge in [0, 0.05) is 43.9 Å². The minimum Gasteiger partial charge on any atom is -0.497 e. The first kappa shape index (κ1) is 16.8. The van der Waals surface area contributed by atoms with Crippen molar-refractivity contribution >= 4 is 23.1 Å². The van der Waals surface area contributed by atoms with Gasteiger partial charge in [0.25, 0.3) is 0 Å². The largest absolute Gasteiger partial charge is 0.497 e. The molecular weight excluding hydrogens is 342 g/mol. The average molecular weight is 361 g/mol. The minimum atomic E-state index is 0.493. The monoisotopic (exact) mass is 361 g/mol. The van der Waals surface area contributed by atoms with Crippen molar-refractivity contribution in [3.8, 4) is 17.0 Å². The zero-order chi connectivity index (χ0) is 18.8. The van der Waals surface area contributed by atoms with Crippen LogP contribution in [-0.2, 0) is 0 Å². The molecule has 8 nitrogen and oxygen atoms in total. The lowest BCUT2D eigenvalue weighted by Gasteiger charge is -2.11. The molecule has 0 spiro atoms. The molecule has 0 unspecified atom stereocenters. The fourth-order valence-electron chi connectivity index (χ4n) is 2.67. The number of fused-ring (bicyclic) bond motifs is 1. The van der Waals surface area contributed by atoms with E-state index in [9.17, 15) is 0 Å². The Balaban J connectivity index is 1.67. The standard InChI is InChI=1S/C19H19N7O/c1-25(2)16-9-4-13(12-21-16)17-18-23-19(24-26(18)11-10-20-17)22-14-5-7-15(27-3)8-6-14/h4-12H,1-3H3,(H,22,24). The van der Waals surface area contributed by atoms with E-state index in [-0.39, 0.29) is 0 Å². The van der Waals surface area contributed by atoms with Crippen molar-refractivity contribution in [3.63, 3.8) is 0 Å². The van der Waals surface area contributed by atoms with Gasteiger partial charge in [0.1, 0.15) is 17.3 Å². The van der Waals surface area contributed by atoms with Crippen LogP contribution in [0.5, 0.6) is 5.75 Å². The number of pyridine rings is 1. The highest BCUT2D eigenvalue weighted by Gasteiger charge is 2.12. The Kier molecular flexibility index (Phi) is 4.29. The summed E-state index contributed by atoms with van der Waals surface area (Å²) >= 11 is 0. The Morgan fingerprint density at radius 1 is 1.04 bits per heavy atom. The predicted octanol–water partition coefficient (Wildman–Crippen LogP) is 3.00. The lowest BCUT2D eigenvalue weighted by Crippen LogP contribution is -2.10. The lowest BCUT2D eigenvalue weighted by atomic mass is 10.2. The van der Waals surface area contributed by atoms with Gasteiger partial charge in [-0.2, -0.15) is 4.98 Å². The van der Waals surface area contributed by atoms with Gasteiger partial charge in [-0.3, -0.25) is 4.98 Å². The number of hydrogen-bond donors (Lipinski definition) is 1. The molecule has 0 bridgehead atoms. The van der Waals surface area contributed by atoms with E-state index in [0.29, 0.717) is 11.6 Å². The van der Waals surface area contributed by atoms with Crippen molar-refractivity contribution in [2.45, 2.75) is 0 Å². The number of rotatable bonds is 5. The maximum absolute atomic E-state index is 5.17. The Hall–Kier alpha value is -3.68. The summed E-state index contributed by atoms with van der Waals surface area (Å²) in [5, 5.41) is 7.68. The smallest absolute Gasteiger partial charge is 0.247 e. The van der Waals surface area contributed by atoms with Crippen LogP contribution in [0.2, 0.25) is 0 Å². The summed E-state index contributed by atoms with van der Waals surface area (Å²) in [5.74, 6) is 2.17. The lowest BCUT2D eigenvalue weighted by molar-refractivity contribution is 0.415. The zero-order valence-electron chi connectivity index (χ0n) is 15.3. The van der Waals surface area contributed by atoms with Gasteiger partial charge >= 0.3 is 0 Å². The van der Waals surface area contributed by atoms with Gasteiger partial charge in [-0.1, -0.05) is 0 Å². The van der Waals surface area contributed by atoms with Crippen molar-refractivity contribution in [3.05, 3.63) is 55.0 Å². The summed E-state index contributed by atoms with van der Waals surface area (Å²) in [7, 11) is 5.55. The molecule has 0 radical (unpaired) electrons. The Morgan fingerprint density at radius 3 is 2.52 bits per heavy atom. The summed E-state index contributed by atoms with van der Waals surface area (Å²) in [6.45, 7) is 0. The second kappa shape index (κ2) is 6.91. The van der Waals surface area contributed by atoms with E-state index in [4.69, 9.17) is 4.74 Å². The molecule has 136 valence electrons. The number of nitrogens with one attached hydrogen (secondary N) is 1. The van der Waals surface area contributed by atoms with Crippen LogP contribution in [0.15, 0.2) is 55.0 Å². The SMILES string of the molecule is COc1ccc(Nc2nc3c(-c4ccc(N(C)C)nc4)nccn3n2)cc1. The molecule has 3 heterocycles. The van der Waals surface area contributed by atoms with Crippen LogP contribution in [0.1, 0.15) is 0 Å². The zero-order valence-corrected chi connectivity index (χ0v) is 15.3. The van der Waals surface area contributed by atoms with Crippen LogP contribution in [0.3, 0.4) is 0 Å². The molecule has 8 heteroatoms. The third-order valence-electron chi connectivity index (χ3n) is 4.08. The number of anilines is 3. The summed E-state index contributed by atoms with van der Waals surface area (Å²) in [4.78, 5) is 15.5. The van der Waals surface area contributed by atoms with Crippen LogP contribution < -0.4 is 15.0 Å². The number of nitrogens with zero attached hydrogens (tertiary/aromatic N) is 6. The van der Waals surface area contributed by atoms with Crippen LogP contribution in [-0.4, -0.2) is 45.8 Å². The Bertz CT molecular complexity index is 1060. The van der Waals surface area contributed by atoms with Crippen molar-refractivity contribution < 1.29 is 4.74 Å². The van der Waals surface area contributed by atoms with Gasteiger partial charge in [0.15, 0.2) is 5.65 Å². The highest BCUT2D eigenvalue weighted by atomic mass is 16.5. The Labute approximate surface area is 156 Å². The minimum absolute atomic E-state index is 0.493. The second-order valence-electron chi connectivity index (χ2n) is 6.13. The van der Waals surface area contributed by atoms with Crippen molar-refractivity contribution in [1.82, 2.24) is 24.6 Å². The molecular formula is C19H19N7O. The number of benzene rings is 1. The summed E-state index contributed by atoms with van der Waals surface area (Å²) in [6, 6.07) is 11.5. The third-order valence-corrected chi connectivity index (χ3v) is 4.08. The molecule has 0 saturated carbocycles. The fraction of sp³-hybridized carbons (Fsp3) is 0.158. The first-order valence-corrected chi connectivity index (χ1v) is 8.40. The first-order valence-electron chi connectivity index (χ1n) is 8.40. The summed E-state index contributed by atoms with van der Waals surface area (Å²) in [6.07, 6.45) is 5.27. The molecule has 0 aliphatic heterocycles. The van der Waals surface area contributed by atoms with E-state index in [1.807, 2.05) is 55.4 Å². The van der Waals surface area contributed by atoms with E-state index in [1.54, 1.807) is 30.2 Å². The third kappa shape index (κ3) is 3.37. The second-order valence-corrected chi connectivity index (χ2v) is 6.13. The molecule has 0 aliphatic carbocycles. The summed E-state index contributed by atoms with van der Waals surface area (Å²) < 4.78 is 6.88. The van der Waals surface area contributed by atoms with Gasteiger partial charge in [0.2, 0.25) is 5.95 Å². The molecule has 1 aromatic carbocycles. The highest BCUT2D eigenvalue weighted by Crippen LogP contribution is 2.24. The Morgan fingerprint density at radius 2 is 1.85 bits per heavy atom. The number of hydrogen-bond acceptors (Lipinski definition) is 7. The first-order chi connectivity index (χ1) is 13.1. The molecule has 27 heavy (non-hydrogen) atoms. The van der Waals surface area contributed by atoms with E-state index in [2.05, 4.69) is 25.4 Å². The van der Waals surface area contributed by atoms with Crippen LogP contribution in [0.4, 0.5) is 17.5 Å². The molecule has 0 saturated heterocycles. The topological polar surface area (TPSA) is 80.5 Å². The van der Waals surface area contributed by atoms with Gasteiger partial charge in [-0.25, -0.2) is 9.50 Å². The number of methoxy groups -OCH3 is 1. The molecule has 0 atom stereocenters. The van der Waals surface area contributed by atoms with E-state index in [0.717, 1.165) is 28.5 Å². The fourth-order valence-corrected chi connectivity index (χ4v) is 2.67. The molecule has 3 aromatic heterocycles. The van der Waals surface area contributed by atoms with Crippen molar-refractivity contribution in [2.75, 3.05) is 31.4 Å². The average Bonchev–Trinajstić information content (AvgIpc) is 3.11. The van der Waals surface area contributed by atoms with Gasteiger partial charge in [0.05, 0.1) is 7.11 Å². The maximum Gasteiger partial charge on any atom is 0.247 e.